The molecular formula is C16H22N4O. The van der Waals surface area contributed by atoms with Gasteiger partial charge in [0.1, 0.15) is 0 Å². The standard InChI is InChI=1S/C16H22N4O/c1-4-7-11-8-5-6-9-12(11)18-16(21)15-13(17)14(10(2)3)19-20-15/h5-6,8-10H,4,7,17H2,1-3H3,(H,18,21)(H,19,20). The van der Waals surface area contributed by atoms with E-state index in [2.05, 4.69) is 22.4 Å². The summed E-state index contributed by atoms with van der Waals surface area (Å²) in [5, 5.41) is 9.79. The first-order chi connectivity index (χ1) is 10.0. The van der Waals surface area contributed by atoms with Crippen LogP contribution in [-0.4, -0.2) is 16.1 Å². The Labute approximate surface area is 124 Å². The van der Waals surface area contributed by atoms with E-state index in [4.69, 9.17) is 5.73 Å². The highest BCUT2D eigenvalue weighted by molar-refractivity contribution is 6.06. The first-order valence-electron chi connectivity index (χ1n) is 7.27. The van der Waals surface area contributed by atoms with Crippen LogP contribution in [0.4, 0.5) is 11.4 Å². The molecule has 0 radical (unpaired) electrons. The second kappa shape index (κ2) is 6.43. The summed E-state index contributed by atoms with van der Waals surface area (Å²) < 4.78 is 0. The van der Waals surface area contributed by atoms with Gasteiger partial charge in [-0.25, -0.2) is 0 Å². The van der Waals surface area contributed by atoms with E-state index < -0.39 is 0 Å². The number of carbonyl (C=O) groups excluding carboxylic acids is 1. The predicted octanol–water partition coefficient (Wildman–Crippen LogP) is 3.32. The number of aryl methyl sites for hydroxylation is 1. The second-order valence-electron chi connectivity index (χ2n) is 5.42. The zero-order valence-corrected chi connectivity index (χ0v) is 12.7. The van der Waals surface area contributed by atoms with E-state index in [9.17, 15) is 4.79 Å². The first kappa shape index (κ1) is 15.1. The third-order valence-corrected chi connectivity index (χ3v) is 3.41. The van der Waals surface area contributed by atoms with Gasteiger partial charge in [0.2, 0.25) is 0 Å². The van der Waals surface area contributed by atoms with Crippen LogP contribution in [0.3, 0.4) is 0 Å². The number of para-hydroxylation sites is 1. The number of rotatable bonds is 5. The van der Waals surface area contributed by atoms with E-state index in [1.54, 1.807) is 0 Å². The van der Waals surface area contributed by atoms with Crippen LogP contribution in [0, 0.1) is 0 Å². The van der Waals surface area contributed by atoms with E-state index >= 15 is 0 Å². The molecule has 1 aromatic carbocycles. The fourth-order valence-corrected chi connectivity index (χ4v) is 2.29. The maximum atomic E-state index is 12.4. The highest BCUT2D eigenvalue weighted by Gasteiger charge is 2.19. The molecule has 0 aliphatic carbocycles. The Bertz CT molecular complexity index is 631. The molecule has 2 aromatic rings. The van der Waals surface area contributed by atoms with Crippen molar-refractivity contribution < 1.29 is 4.79 Å². The van der Waals surface area contributed by atoms with Gasteiger partial charge < -0.3 is 11.1 Å². The van der Waals surface area contributed by atoms with Crippen LogP contribution in [0.25, 0.3) is 0 Å². The molecule has 1 heterocycles. The van der Waals surface area contributed by atoms with Gasteiger partial charge in [-0.1, -0.05) is 45.4 Å². The van der Waals surface area contributed by atoms with Crippen molar-refractivity contribution in [1.82, 2.24) is 10.2 Å². The maximum absolute atomic E-state index is 12.4. The fourth-order valence-electron chi connectivity index (χ4n) is 2.29. The predicted molar refractivity (Wildman–Crippen MR) is 85.5 cm³/mol. The number of nitrogens with two attached hydrogens (primary N) is 1. The lowest BCUT2D eigenvalue weighted by Gasteiger charge is -2.09. The molecule has 0 aliphatic rings. The number of aromatic nitrogens is 2. The molecule has 4 N–H and O–H groups in total. The molecule has 0 fully saturated rings. The Morgan fingerprint density at radius 2 is 2.10 bits per heavy atom. The highest BCUT2D eigenvalue weighted by Crippen LogP contribution is 2.24. The number of hydrogen-bond donors (Lipinski definition) is 3. The highest BCUT2D eigenvalue weighted by atomic mass is 16.2. The van der Waals surface area contributed by atoms with Gasteiger partial charge in [0.25, 0.3) is 5.91 Å². The molecule has 0 aliphatic heterocycles. The minimum atomic E-state index is -0.279. The second-order valence-corrected chi connectivity index (χ2v) is 5.42. The minimum Gasteiger partial charge on any atom is -0.395 e. The lowest BCUT2D eigenvalue weighted by molar-refractivity contribution is 0.102. The minimum absolute atomic E-state index is 0.200. The summed E-state index contributed by atoms with van der Waals surface area (Å²) in [6.07, 6.45) is 1.94. The lowest BCUT2D eigenvalue weighted by atomic mass is 10.1. The topological polar surface area (TPSA) is 83.8 Å². The molecule has 112 valence electrons. The van der Waals surface area contributed by atoms with Crippen LogP contribution in [0.5, 0.6) is 0 Å². The molecule has 21 heavy (non-hydrogen) atoms. The molecule has 0 atom stereocenters. The Hall–Kier alpha value is -2.30. The number of aromatic amines is 1. The molecule has 0 saturated heterocycles. The number of anilines is 2. The van der Waals surface area contributed by atoms with Gasteiger partial charge in [0.15, 0.2) is 5.69 Å². The Morgan fingerprint density at radius 1 is 1.38 bits per heavy atom. The van der Waals surface area contributed by atoms with Crippen molar-refractivity contribution in [3.8, 4) is 0 Å². The Balaban J connectivity index is 2.23. The summed E-state index contributed by atoms with van der Waals surface area (Å²) in [5.41, 5.74) is 9.41. The van der Waals surface area contributed by atoms with Crippen molar-refractivity contribution in [3.63, 3.8) is 0 Å². The number of H-pyrrole nitrogens is 1. The molecule has 5 heteroatoms. The fraction of sp³-hybridized carbons (Fsp3) is 0.375. The summed E-state index contributed by atoms with van der Waals surface area (Å²) in [5.74, 6) is -0.0781. The van der Waals surface area contributed by atoms with E-state index in [1.165, 1.54) is 0 Å². The number of hydrogen-bond acceptors (Lipinski definition) is 3. The molecule has 2 rings (SSSR count). The molecular weight excluding hydrogens is 264 g/mol. The summed E-state index contributed by atoms with van der Waals surface area (Å²) in [7, 11) is 0. The number of benzene rings is 1. The van der Waals surface area contributed by atoms with Crippen LogP contribution in [0.1, 0.15) is 54.9 Å². The molecule has 0 unspecified atom stereocenters. The van der Waals surface area contributed by atoms with Crippen molar-refractivity contribution in [3.05, 3.63) is 41.2 Å². The third kappa shape index (κ3) is 3.24. The van der Waals surface area contributed by atoms with Crippen LogP contribution in [0.2, 0.25) is 0 Å². The van der Waals surface area contributed by atoms with Gasteiger partial charge in [0, 0.05) is 5.69 Å². The largest absolute Gasteiger partial charge is 0.395 e. The number of nitrogens with one attached hydrogen (secondary N) is 2. The van der Waals surface area contributed by atoms with E-state index in [0.717, 1.165) is 29.8 Å². The number of amides is 1. The molecule has 0 bridgehead atoms. The van der Waals surface area contributed by atoms with Gasteiger partial charge >= 0.3 is 0 Å². The van der Waals surface area contributed by atoms with Gasteiger partial charge in [0.05, 0.1) is 11.4 Å². The number of nitrogens with zero attached hydrogens (tertiary/aromatic N) is 1. The van der Waals surface area contributed by atoms with Crippen molar-refractivity contribution in [1.29, 1.82) is 0 Å². The average Bonchev–Trinajstić information content (AvgIpc) is 2.83. The maximum Gasteiger partial charge on any atom is 0.278 e. The van der Waals surface area contributed by atoms with Crippen molar-refractivity contribution >= 4 is 17.3 Å². The monoisotopic (exact) mass is 286 g/mol. The van der Waals surface area contributed by atoms with E-state index in [1.807, 2.05) is 38.1 Å². The molecule has 1 aromatic heterocycles. The van der Waals surface area contributed by atoms with Crippen molar-refractivity contribution in [2.45, 2.75) is 39.5 Å². The number of carbonyl (C=O) groups is 1. The van der Waals surface area contributed by atoms with Gasteiger partial charge in [-0.15, -0.1) is 0 Å². The van der Waals surface area contributed by atoms with Crippen LogP contribution in [0.15, 0.2) is 24.3 Å². The summed E-state index contributed by atoms with van der Waals surface area (Å²) >= 11 is 0. The Morgan fingerprint density at radius 3 is 2.71 bits per heavy atom. The quantitative estimate of drug-likeness (QED) is 0.788. The summed E-state index contributed by atoms with van der Waals surface area (Å²) in [6, 6.07) is 7.80. The first-order valence-corrected chi connectivity index (χ1v) is 7.27. The Kier molecular flexibility index (Phi) is 4.62. The smallest absolute Gasteiger partial charge is 0.278 e. The van der Waals surface area contributed by atoms with Gasteiger partial charge in [-0.2, -0.15) is 5.10 Å². The zero-order valence-electron chi connectivity index (χ0n) is 12.7. The summed E-state index contributed by atoms with van der Waals surface area (Å²) in [4.78, 5) is 12.4. The third-order valence-electron chi connectivity index (χ3n) is 3.41. The van der Waals surface area contributed by atoms with Gasteiger partial charge in [-0.3, -0.25) is 9.89 Å². The van der Waals surface area contributed by atoms with Crippen molar-refractivity contribution in [2.75, 3.05) is 11.1 Å². The van der Waals surface area contributed by atoms with Crippen LogP contribution in [-0.2, 0) is 6.42 Å². The lowest BCUT2D eigenvalue weighted by Crippen LogP contribution is -2.15. The zero-order chi connectivity index (χ0) is 15.4. The summed E-state index contributed by atoms with van der Waals surface area (Å²) in [6.45, 7) is 6.11. The van der Waals surface area contributed by atoms with Gasteiger partial charge in [-0.05, 0) is 24.0 Å². The van der Waals surface area contributed by atoms with E-state index in [-0.39, 0.29) is 17.5 Å². The van der Waals surface area contributed by atoms with E-state index in [0.29, 0.717) is 5.69 Å². The molecule has 0 spiro atoms. The normalized spacial score (nSPS) is 10.9. The number of nitrogen functional groups attached to an aromatic ring is 1. The van der Waals surface area contributed by atoms with Crippen molar-refractivity contribution in [2.24, 2.45) is 0 Å². The van der Waals surface area contributed by atoms with Crippen LogP contribution < -0.4 is 11.1 Å². The molecule has 1 amide bonds. The van der Waals surface area contributed by atoms with Crippen LogP contribution >= 0.6 is 0 Å². The average molecular weight is 286 g/mol. The molecule has 0 saturated carbocycles. The SMILES string of the molecule is CCCc1ccccc1NC(=O)c1n[nH]c(C(C)C)c1N. The molecule has 5 nitrogen and oxygen atoms in total.